The number of carbonyl (C=O) groups is 2. The lowest BCUT2D eigenvalue weighted by atomic mass is 10.1. The fraction of sp³-hybridized carbons (Fsp3) is 0.467. The zero-order valence-corrected chi connectivity index (χ0v) is 13.3. The van der Waals surface area contributed by atoms with Crippen molar-refractivity contribution in [2.24, 2.45) is 0 Å². The molecule has 1 saturated heterocycles. The summed E-state index contributed by atoms with van der Waals surface area (Å²) in [6, 6.07) is 4.40. The summed E-state index contributed by atoms with van der Waals surface area (Å²) in [6.45, 7) is 1.74. The predicted octanol–water partition coefficient (Wildman–Crippen LogP) is 2.29. The van der Waals surface area contributed by atoms with E-state index < -0.39 is 17.8 Å². The molecule has 126 valence electrons. The van der Waals surface area contributed by atoms with Crippen LogP contribution in [0, 0.1) is 0 Å². The molecule has 2 rings (SSSR count). The molecule has 1 aromatic rings. The molecule has 1 heterocycles. The van der Waals surface area contributed by atoms with Gasteiger partial charge in [0.25, 0.3) is 0 Å². The Balaban J connectivity index is 1.83. The molecule has 0 bridgehead atoms. The minimum Gasteiger partial charge on any atom is -0.354 e. The highest BCUT2D eigenvalue weighted by molar-refractivity contribution is 7.99. The molecule has 1 aromatic carbocycles. The maximum absolute atomic E-state index is 12.5. The lowest BCUT2D eigenvalue weighted by molar-refractivity contribution is -0.137. The first-order valence-corrected chi connectivity index (χ1v) is 8.23. The fourth-order valence-corrected chi connectivity index (χ4v) is 3.50. The average Bonchev–Trinajstić information content (AvgIpc) is 2.96. The number of carbonyl (C=O) groups excluding carboxylic acids is 2. The average molecular weight is 346 g/mol. The molecule has 0 saturated carbocycles. The summed E-state index contributed by atoms with van der Waals surface area (Å²) in [4.78, 5) is 25.0. The van der Waals surface area contributed by atoms with E-state index in [1.165, 1.54) is 35.7 Å². The third-order valence-corrected chi connectivity index (χ3v) is 4.60. The number of hydrogen-bond acceptors (Lipinski definition) is 3. The van der Waals surface area contributed by atoms with Crippen LogP contribution < -0.4 is 5.32 Å². The van der Waals surface area contributed by atoms with Crippen LogP contribution in [0.1, 0.15) is 18.1 Å². The van der Waals surface area contributed by atoms with Crippen LogP contribution in [0.5, 0.6) is 0 Å². The lowest BCUT2D eigenvalue weighted by Gasteiger charge is -2.21. The second-order valence-corrected chi connectivity index (χ2v) is 6.24. The van der Waals surface area contributed by atoms with Crippen molar-refractivity contribution in [1.82, 2.24) is 10.2 Å². The molecular formula is C15H17F3N2O2S. The molecule has 1 fully saturated rings. The van der Waals surface area contributed by atoms with Gasteiger partial charge in [-0.2, -0.15) is 13.2 Å². The van der Waals surface area contributed by atoms with E-state index in [-0.39, 0.29) is 11.8 Å². The molecule has 4 nitrogen and oxygen atoms in total. The number of rotatable bonds is 4. The van der Waals surface area contributed by atoms with Gasteiger partial charge in [0.15, 0.2) is 0 Å². The molecule has 0 aromatic heterocycles. The number of nitrogens with zero attached hydrogens (tertiary/aromatic N) is 1. The summed E-state index contributed by atoms with van der Waals surface area (Å²) < 4.78 is 37.4. The lowest BCUT2D eigenvalue weighted by Crippen LogP contribution is -2.46. The Morgan fingerprint density at radius 2 is 1.96 bits per heavy atom. The molecular weight excluding hydrogens is 329 g/mol. The van der Waals surface area contributed by atoms with Crippen LogP contribution >= 0.6 is 11.8 Å². The number of thioether (sulfide) groups is 1. The Kier molecular flexibility index (Phi) is 5.56. The Labute approximate surface area is 136 Å². The molecule has 1 atom stereocenters. The van der Waals surface area contributed by atoms with Gasteiger partial charge < -0.3 is 10.2 Å². The van der Waals surface area contributed by atoms with Crippen LogP contribution in [-0.2, 0) is 22.2 Å². The van der Waals surface area contributed by atoms with E-state index in [4.69, 9.17) is 0 Å². The Hall–Kier alpha value is -1.70. The van der Waals surface area contributed by atoms with Crippen molar-refractivity contribution in [2.75, 3.05) is 18.2 Å². The summed E-state index contributed by atoms with van der Waals surface area (Å²) in [5, 5.41) is 2.73. The van der Waals surface area contributed by atoms with Crippen LogP contribution in [0.25, 0.3) is 0 Å². The van der Waals surface area contributed by atoms with E-state index in [1.807, 2.05) is 0 Å². The zero-order chi connectivity index (χ0) is 17.0. The summed E-state index contributed by atoms with van der Waals surface area (Å²) >= 11 is 1.52. The van der Waals surface area contributed by atoms with E-state index in [1.54, 1.807) is 0 Å². The molecule has 0 spiro atoms. The fourth-order valence-electron chi connectivity index (χ4n) is 2.28. The van der Waals surface area contributed by atoms with Gasteiger partial charge in [-0.15, -0.1) is 11.8 Å². The van der Waals surface area contributed by atoms with Gasteiger partial charge in [0.05, 0.1) is 11.4 Å². The SMILES string of the molecule is CC(=O)N1CSC[C@@H]1C(=O)NCCc1ccc(C(F)(F)F)cc1. The van der Waals surface area contributed by atoms with Crippen molar-refractivity contribution in [1.29, 1.82) is 0 Å². The second kappa shape index (κ2) is 7.25. The number of alkyl halides is 3. The Morgan fingerprint density at radius 3 is 2.52 bits per heavy atom. The van der Waals surface area contributed by atoms with Gasteiger partial charge >= 0.3 is 6.18 Å². The number of benzene rings is 1. The van der Waals surface area contributed by atoms with Crippen LogP contribution in [-0.4, -0.2) is 40.9 Å². The maximum atomic E-state index is 12.5. The van der Waals surface area contributed by atoms with Crippen LogP contribution in [0.3, 0.4) is 0 Å². The van der Waals surface area contributed by atoms with Gasteiger partial charge in [0.1, 0.15) is 6.04 Å². The highest BCUT2D eigenvalue weighted by atomic mass is 32.2. The minimum absolute atomic E-state index is 0.141. The summed E-state index contributed by atoms with van der Waals surface area (Å²) in [7, 11) is 0. The molecule has 0 aliphatic carbocycles. The molecule has 23 heavy (non-hydrogen) atoms. The van der Waals surface area contributed by atoms with Gasteiger partial charge in [-0.1, -0.05) is 12.1 Å². The molecule has 2 amide bonds. The van der Waals surface area contributed by atoms with Crippen LogP contribution in [0.2, 0.25) is 0 Å². The highest BCUT2D eigenvalue weighted by Gasteiger charge is 2.32. The first kappa shape index (κ1) is 17.7. The largest absolute Gasteiger partial charge is 0.416 e. The molecule has 1 aliphatic heterocycles. The molecule has 1 aliphatic rings. The molecule has 0 unspecified atom stereocenters. The van der Waals surface area contributed by atoms with E-state index in [2.05, 4.69) is 5.32 Å². The first-order chi connectivity index (χ1) is 10.8. The third-order valence-electron chi connectivity index (χ3n) is 3.58. The second-order valence-electron chi connectivity index (χ2n) is 5.24. The van der Waals surface area contributed by atoms with Crippen molar-refractivity contribution >= 4 is 23.6 Å². The van der Waals surface area contributed by atoms with Crippen molar-refractivity contribution in [3.63, 3.8) is 0 Å². The van der Waals surface area contributed by atoms with E-state index in [0.717, 1.165) is 12.1 Å². The van der Waals surface area contributed by atoms with Crippen molar-refractivity contribution in [3.8, 4) is 0 Å². The minimum atomic E-state index is -4.34. The van der Waals surface area contributed by atoms with Gasteiger partial charge in [-0.25, -0.2) is 0 Å². The molecule has 1 N–H and O–H groups in total. The summed E-state index contributed by atoms with van der Waals surface area (Å²) in [6.07, 6.45) is -3.91. The Morgan fingerprint density at radius 1 is 1.30 bits per heavy atom. The topological polar surface area (TPSA) is 49.4 Å². The normalized spacial score (nSPS) is 18.1. The monoisotopic (exact) mass is 346 g/mol. The van der Waals surface area contributed by atoms with E-state index >= 15 is 0 Å². The van der Waals surface area contributed by atoms with Crippen molar-refractivity contribution < 1.29 is 22.8 Å². The maximum Gasteiger partial charge on any atom is 0.416 e. The Bertz CT molecular complexity index is 575. The molecule has 0 radical (unpaired) electrons. The van der Waals surface area contributed by atoms with Gasteiger partial charge in [0, 0.05) is 19.2 Å². The predicted molar refractivity (Wildman–Crippen MR) is 81.8 cm³/mol. The molecule has 8 heteroatoms. The summed E-state index contributed by atoms with van der Waals surface area (Å²) in [5.74, 6) is 0.702. The van der Waals surface area contributed by atoms with Gasteiger partial charge in [0.2, 0.25) is 11.8 Å². The first-order valence-electron chi connectivity index (χ1n) is 7.08. The number of nitrogens with one attached hydrogen (secondary N) is 1. The highest BCUT2D eigenvalue weighted by Crippen LogP contribution is 2.29. The van der Waals surface area contributed by atoms with Gasteiger partial charge in [-0.3, -0.25) is 9.59 Å². The van der Waals surface area contributed by atoms with Gasteiger partial charge in [-0.05, 0) is 24.1 Å². The number of amides is 2. The van der Waals surface area contributed by atoms with Crippen molar-refractivity contribution in [3.05, 3.63) is 35.4 Å². The van der Waals surface area contributed by atoms with E-state index in [0.29, 0.717) is 30.2 Å². The van der Waals surface area contributed by atoms with E-state index in [9.17, 15) is 22.8 Å². The standard InChI is InChI=1S/C15H17F3N2O2S/c1-10(21)20-9-23-8-13(20)14(22)19-7-6-11-2-4-12(5-3-11)15(16,17)18/h2-5,13H,6-9H2,1H3,(H,19,22)/t13-/m1/s1. The third kappa shape index (κ3) is 4.63. The quantitative estimate of drug-likeness (QED) is 0.910. The number of halogens is 3. The van der Waals surface area contributed by atoms with Crippen molar-refractivity contribution in [2.45, 2.75) is 25.6 Å². The number of hydrogen-bond donors (Lipinski definition) is 1. The zero-order valence-electron chi connectivity index (χ0n) is 12.5. The smallest absolute Gasteiger partial charge is 0.354 e. The van der Waals surface area contributed by atoms with Crippen LogP contribution in [0.15, 0.2) is 24.3 Å². The summed E-state index contributed by atoms with van der Waals surface area (Å²) in [5.41, 5.74) is 0.0212. The van der Waals surface area contributed by atoms with Crippen LogP contribution in [0.4, 0.5) is 13.2 Å².